The molecule has 0 bridgehead atoms. The van der Waals surface area contributed by atoms with Crippen molar-refractivity contribution in [3.63, 3.8) is 0 Å². The Kier molecular flexibility index (Phi) is 7.10. The molecule has 0 aromatic heterocycles. The molecule has 3 N–H and O–H groups in total. The van der Waals surface area contributed by atoms with Gasteiger partial charge in [-0.3, -0.25) is 25.8 Å². The Balaban J connectivity index is 1.80. The number of amides is 1. The van der Waals surface area contributed by atoms with Crippen LogP contribution in [0.15, 0.2) is 18.2 Å². The van der Waals surface area contributed by atoms with E-state index in [4.69, 9.17) is 21.7 Å². The second-order valence-corrected chi connectivity index (χ2v) is 6.36. The molecule has 0 saturated carbocycles. The van der Waals surface area contributed by atoms with E-state index in [0.717, 1.165) is 25.0 Å². The van der Waals surface area contributed by atoms with Gasteiger partial charge in [-0.25, -0.2) is 0 Å². The molecule has 0 unspecified atom stereocenters. The van der Waals surface area contributed by atoms with Gasteiger partial charge >= 0.3 is 5.69 Å². The molecule has 1 amide bonds. The number of aryl methyl sites for hydroxylation is 1. The number of hydrogen-bond acceptors (Lipinski definition) is 6. The molecule has 1 saturated heterocycles. The van der Waals surface area contributed by atoms with Crippen molar-refractivity contribution in [3.05, 3.63) is 33.9 Å². The lowest BCUT2D eigenvalue weighted by atomic mass is 10.2. The first-order valence-corrected chi connectivity index (χ1v) is 8.64. The summed E-state index contributed by atoms with van der Waals surface area (Å²) in [5.74, 6) is -0.483. The molecule has 0 aliphatic carbocycles. The third-order valence-corrected chi connectivity index (χ3v) is 4.04. The lowest BCUT2D eigenvalue weighted by Crippen LogP contribution is -2.51. The predicted molar refractivity (Wildman–Crippen MR) is 98.8 cm³/mol. The van der Waals surface area contributed by atoms with Gasteiger partial charge in [0.1, 0.15) is 0 Å². The Labute approximate surface area is 156 Å². The van der Waals surface area contributed by atoms with E-state index in [0.29, 0.717) is 6.54 Å². The van der Waals surface area contributed by atoms with Crippen molar-refractivity contribution in [2.24, 2.45) is 0 Å². The molecule has 1 aromatic carbocycles. The topological polar surface area (TPSA) is 115 Å². The van der Waals surface area contributed by atoms with Gasteiger partial charge in [-0.1, -0.05) is 6.07 Å². The number of nitrogens with zero attached hydrogens (tertiary/aromatic N) is 1. The fourth-order valence-corrected chi connectivity index (χ4v) is 2.52. The Morgan fingerprint density at radius 1 is 1.50 bits per heavy atom. The quantitative estimate of drug-likeness (QED) is 0.384. The Hall–Kier alpha value is -2.46. The molecule has 142 valence electrons. The van der Waals surface area contributed by atoms with Gasteiger partial charge in [-0.15, -0.1) is 0 Å². The predicted octanol–water partition coefficient (Wildman–Crippen LogP) is 1.34. The van der Waals surface area contributed by atoms with Crippen molar-refractivity contribution < 1.29 is 19.2 Å². The van der Waals surface area contributed by atoms with Crippen molar-refractivity contribution in [2.75, 3.05) is 13.2 Å². The smallest absolute Gasteiger partial charge is 0.311 e. The van der Waals surface area contributed by atoms with E-state index >= 15 is 0 Å². The molecule has 10 heteroatoms. The fraction of sp³-hybridized carbons (Fsp3) is 0.500. The van der Waals surface area contributed by atoms with Crippen LogP contribution < -0.4 is 20.9 Å². The summed E-state index contributed by atoms with van der Waals surface area (Å²) >= 11 is 5.07. The second kappa shape index (κ2) is 9.30. The van der Waals surface area contributed by atoms with Gasteiger partial charge in [0.25, 0.3) is 5.91 Å². The van der Waals surface area contributed by atoms with Crippen molar-refractivity contribution in [1.82, 2.24) is 16.2 Å². The molecule has 1 aliphatic rings. The second-order valence-electron chi connectivity index (χ2n) is 5.95. The van der Waals surface area contributed by atoms with Crippen LogP contribution in [0.1, 0.15) is 25.3 Å². The standard InChI is InChI=1S/C16H22N4O5S/c1-10-5-6-14(13(8-10)20(22)23)25-11(2)15(21)18-19-16(26)17-9-12-4-3-7-24-12/h5-6,8,11-12H,3-4,7,9H2,1-2H3,(H,18,21)(H2,17,19,26)/t11-,12-/m0/s1. The molecule has 0 radical (unpaired) electrons. The number of carbonyl (C=O) groups excluding carboxylic acids is 1. The minimum absolute atomic E-state index is 0.0299. The zero-order valence-corrected chi connectivity index (χ0v) is 15.4. The van der Waals surface area contributed by atoms with Crippen LogP contribution in [-0.4, -0.2) is 41.3 Å². The maximum absolute atomic E-state index is 12.1. The maximum atomic E-state index is 12.1. The van der Waals surface area contributed by atoms with Gasteiger partial charge < -0.3 is 14.8 Å². The molecule has 1 aliphatic heterocycles. The Morgan fingerprint density at radius 3 is 2.92 bits per heavy atom. The summed E-state index contributed by atoms with van der Waals surface area (Å²) in [6, 6.07) is 4.54. The molecular formula is C16H22N4O5S. The number of nitro benzene ring substituents is 1. The molecule has 26 heavy (non-hydrogen) atoms. The maximum Gasteiger partial charge on any atom is 0.311 e. The molecule has 1 fully saturated rings. The number of hydrazine groups is 1. The van der Waals surface area contributed by atoms with Gasteiger partial charge in [0.15, 0.2) is 17.0 Å². The number of nitro groups is 1. The summed E-state index contributed by atoms with van der Waals surface area (Å²) in [5, 5.41) is 14.3. The lowest BCUT2D eigenvalue weighted by molar-refractivity contribution is -0.386. The molecule has 2 rings (SSSR count). The summed E-state index contributed by atoms with van der Waals surface area (Å²) in [4.78, 5) is 22.6. The summed E-state index contributed by atoms with van der Waals surface area (Å²) < 4.78 is 10.9. The van der Waals surface area contributed by atoms with Crippen LogP contribution in [0.3, 0.4) is 0 Å². The monoisotopic (exact) mass is 382 g/mol. The van der Waals surface area contributed by atoms with Gasteiger partial charge in [-0.2, -0.15) is 0 Å². The summed E-state index contributed by atoms with van der Waals surface area (Å²) in [5.41, 5.74) is 5.52. The number of hydrogen-bond donors (Lipinski definition) is 3. The average Bonchev–Trinajstić information content (AvgIpc) is 3.12. The molecule has 2 atom stereocenters. The molecule has 1 aromatic rings. The van der Waals surface area contributed by atoms with Crippen LogP contribution in [0.2, 0.25) is 0 Å². The summed E-state index contributed by atoms with van der Waals surface area (Å²) in [7, 11) is 0. The number of benzene rings is 1. The first-order valence-electron chi connectivity index (χ1n) is 8.24. The van der Waals surface area contributed by atoms with Gasteiger partial charge in [0.2, 0.25) is 0 Å². The van der Waals surface area contributed by atoms with E-state index in [9.17, 15) is 14.9 Å². The fourth-order valence-electron chi connectivity index (χ4n) is 2.39. The highest BCUT2D eigenvalue weighted by atomic mass is 32.1. The third-order valence-electron chi connectivity index (χ3n) is 3.80. The van der Waals surface area contributed by atoms with E-state index in [-0.39, 0.29) is 22.7 Å². The number of carbonyl (C=O) groups is 1. The normalized spacial score (nSPS) is 17.2. The molecular weight excluding hydrogens is 360 g/mol. The van der Waals surface area contributed by atoms with Crippen LogP contribution in [0.5, 0.6) is 5.75 Å². The minimum atomic E-state index is -0.954. The van der Waals surface area contributed by atoms with E-state index in [1.165, 1.54) is 19.1 Å². The summed E-state index contributed by atoms with van der Waals surface area (Å²) in [6.45, 7) is 4.54. The lowest BCUT2D eigenvalue weighted by Gasteiger charge is -2.17. The highest BCUT2D eigenvalue weighted by Gasteiger charge is 2.21. The first kappa shape index (κ1) is 19.9. The van der Waals surface area contributed by atoms with E-state index < -0.39 is 16.9 Å². The minimum Gasteiger partial charge on any atom is -0.474 e. The van der Waals surface area contributed by atoms with Gasteiger partial charge in [-0.05, 0) is 50.5 Å². The number of rotatable bonds is 6. The largest absolute Gasteiger partial charge is 0.474 e. The van der Waals surface area contributed by atoms with Crippen molar-refractivity contribution in [1.29, 1.82) is 0 Å². The van der Waals surface area contributed by atoms with E-state index in [1.807, 2.05) is 0 Å². The van der Waals surface area contributed by atoms with E-state index in [2.05, 4.69) is 16.2 Å². The van der Waals surface area contributed by atoms with Crippen LogP contribution >= 0.6 is 12.2 Å². The highest BCUT2D eigenvalue weighted by molar-refractivity contribution is 7.80. The molecule has 9 nitrogen and oxygen atoms in total. The van der Waals surface area contributed by atoms with Crippen molar-refractivity contribution >= 4 is 28.9 Å². The van der Waals surface area contributed by atoms with Gasteiger partial charge in [0, 0.05) is 19.2 Å². The van der Waals surface area contributed by atoms with Crippen LogP contribution in [0, 0.1) is 17.0 Å². The van der Waals surface area contributed by atoms with Crippen molar-refractivity contribution in [2.45, 2.75) is 38.9 Å². The molecule has 0 spiro atoms. The highest BCUT2D eigenvalue weighted by Crippen LogP contribution is 2.28. The molecule has 1 heterocycles. The van der Waals surface area contributed by atoms with Crippen LogP contribution in [0.4, 0.5) is 5.69 Å². The van der Waals surface area contributed by atoms with Gasteiger partial charge in [0.05, 0.1) is 11.0 Å². The third kappa shape index (κ3) is 5.81. The zero-order valence-electron chi connectivity index (χ0n) is 14.6. The Bertz CT molecular complexity index is 679. The Morgan fingerprint density at radius 2 is 2.27 bits per heavy atom. The first-order chi connectivity index (χ1) is 12.4. The number of nitrogens with one attached hydrogen (secondary N) is 3. The SMILES string of the molecule is Cc1ccc(O[C@@H](C)C(=O)NNC(=S)NC[C@@H]2CCCO2)c([N+](=O)[O-])c1. The number of ether oxygens (including phenoxy) is 2. The van der Waals surface area contributed by atoms with Crippen LogP contribution in [0.25, 0.3) is 0 Å². The average molecular weight is 382 g/mol. The van der Waals surface area contributed by atoms with Crippen molar-refractivity contribution in [3.8, 4) is 5.75 Å². The summed E-state index contributed by atoms with van der Waals surface area (Å²) in [6.07, 6.45) is 1.17. The van der Waals surface area contributed by atoms with E-state index in [1.54, 1.807) is 13.0 Å². The number of thiocarbonyl (C=S) groups is 1. The zero-order chi connectivity index (χ0) is 19.1. The van der Waals surface area contributed by atoms with Crippen LogP contribution in [-0.2, 0) is 9.53 Å².